The van der Waals surface area contributed by atoms with Gasteiger partial charge in [-0.2, -0.15) is 0 Å². The maximum absolute atomic E-state index is 13.6. The molecule has 0 fully saturated rings. The van der Waals surface area contributed by atoms with Crippen molar-refractivity contribution in [3.8, 4) is 0 Å². The van der Waals surface area contributed by atoms with Gasteiger partial charge in [-0.15, -0.1) is 0 Å². The van der Waals surface area contributed by atoms with Crippen LogP contribution in [0.5, 0.6) is 0 Å². The summed E-state index contributed by atoms with van der Waals surface area (Å²) in [5.74, 6) is -1.65. The van der Waals surface area contributed by atoms with Crippen molar-refractivity contribution in [3.05, 3.63) is 29.6 Å². The number of carboxylic acid groups (broad SMARTS) is 1. The third-order valence-electron chi connectivity index (χ3n) is 2.93. The average Bonchev–Trinajstić information content (AvgIpc) is 2.27. The fraction of sp³-hybridized carbons (Fsp3) is 0.462. The van der Waals surface area contributed by atoms with Crippen LogP contribution in [-0.4, -0.2) is 17.6 Å². The monoisotopic (exact) mass is 239 g/mol. The van der Waals surface area contributed by atoms with Gasteiger partial charge in [0.15, 0.2) is 0 Å². The summed E-state index contributed by atoms with van der Waals surface area (Å²) in [4.78, 5) is 10.6. The molecule has 17 heavy (non-hydrogen) atoms. The Morgan fingerprint density at radius 3 is 2.59 bits per heavy atom. The number of halogens is 1. The summed E-state index contributed by atoms with van der Waals surface area (Å²) in [6.07, 6.45) is 0.981. The highest BCUT2D eigenvalue weighted by molar-refractivity contribution is 5.88. The molecule has 0 aromatic heterocycles. The molecule has 0 heterocycles. The van der Waals surface area contributed by atoms with Gasteiger partial charge >= 0.3 is 5.97 Å². The van der Waals surface area contributed by atoms with E-state index in [-0.39, 0.29) is 11.0 Å². The van der Waals surface area contributed by atoms with E-state index in [1.165, 1.54) is 12.1 Å². The maximum atomic E-state index is 13.6. The van der Waals surface area contributed by atoms with Crippen LogP contribution in [0, 0.1) is 11.2 Å². The van der Waals surface area contributed by atoms with E-state index in [0.717, 1.165) is 12.5 Å². The standard InChI is InChI=1S/C13H18FNO2/c1-4-13(2,3)8-15-11-6-5-9(12(16)17)7-10(11)14/h5-7,15H,4,8H2,1-3H3,(H,16,17). The summed E-state index contributed by atoms with van der Waals surface area (Å²) >= 11 is 0. The highest BCUT2D eigenvalue weighted by Crippen LogP contribution is 2.22. The van der Waals surface area contributed by atoms with Gasteiger partial charge < -0.3 is 10.4 Å². The summed E-state index contributed by atoms with van der Waals surface area (Å²) in [7, 11) is 0. The van der Waals surface area contributed by atoms with Crippen LogP contribution in [0.15, 0.2) is 18.2 Å². The smallest absolute Gasteiger partial charge is 0.335 e. The zero-order valence-electron chi connectivity index (χ0n) is 10.4. The van der Waals surface area contributed by atoms with Crippen molar-refractivity contribution in [2.45, 2.75) is 27.2 Å². The molecule has 0 amide bonds. The van der Waals surface area contributed by atoms with Crippen LogP contribution in [0.4, 0.5) is 10.1 Å². The molecule has 2 N–H and O–H groups in total. The second-order valence-corrected chi connectivity index (χ2v) is 4.87. The number of carboxylic acids is 1. The van der Waals surface area contributed by atoms with Gasteiger partial charge in [0.1, 0.15) is 5.82 Å². The van der Waals surface area contributed by atoms with Gasteiger partial charge in [0.25, 0.3) is 0 Å². The Bertz CT molecular complexity index is 416. The number of anilines is 1. The van der Waals surface area contributed by atoms with Crippen LogP contribution in [-0.2, 0) is 0 Å². The van der Waals surface area contributed by atoms with E-state index < -0.39 is 11.8 Å². The van der Waals surface area contributed by atoms with Crippen molar-refractivity contribution in [2.24, 2.45) is 5.41 Å². The Labute approximate surface area is 101 Å². The Morgan fingerprint density at radius 1 is 1.47 bits per heavy atom. The molecule has 0 aliphatic heterocycles. The average molecular weight is 239 g/mol. The van der Waals surface area contributed by atoms with E-state index in [1.54, 1.807) is 0 Å². The first-order chi connectivity index (χ1) is 7.85. The molecule has 0 aliphatic carbocycles. The predicted molar refractivity (Wildman–Crippen MR) is 65.9 cm³/mol. The van der Waals surface area contributed by atoms with Crippen molar-refractivity contribution in [3.63, 3.8) is 0 Å². The van der Waals surface area contributed by atoms with E-state index in [0.29, 0.717) is 12.2 Å². The summed E-state index contributed by atoms with van der Waals surface area (Å²) in [5.41, 5.74) is 0.386. The van der Waals surface area contributed by atoms with Gasteiger partial charge in [0.05, 0.1) is 11.3 Å². The minimum absolute atomic E-state index is 0.0391. The number of hydrogen-bond donors (Lipinski definition) is 2. The molecular formula is C13H18FNO2. The summed E-state index contributed by atoms with van der Waals surface area (Å²) in [6, 6.07) is 3.89. The predicted octanol–water partition coefficient (Wildman–Crippen LogP) is 3.37. The van der Waals surface area contributed by atoms with Crippen molar-refractivity contribution < 1.29 is 14.3 Å². The SMILES string of the molecule is CCC(C)(C)CNc1ccc(C(=O)O)cc1F. The van der Waals surface area contributed by atoms with E-state index in [1.807, 2.05) is 0 Å². The number of benzene rings is 1. The Balaban J connectivity index is 2.77. The number of nitrogens with one attached hydrogen (secondary N) is 1. The first-order valence-corrected chi connectivity index (χ1v) is 5.62. The molecule has 1 rings (SSSR count). The molecule has 1 aromatic carbocycles. The van der Waals surface area contributed by atoms with Gasteiger partial charge in [0.2, 0.25) is 0 Å². The first-order valence-electron chi connectivity index (χ1n) is 5.62. The number of carbonyl (C=O) groups is 1. The topological polar surface area (TPSA) is 49.3 Å². The molecule has 0 saturated carbocycles. The first kappa shape index (κ1) is 13.5. The van der Waals surface area contributed by atoms with Crippen LogP contribution in [0.25, 0.3) is 0 Å². The zero-order valence-corrected chi connectivity index (χ0v) is 10.4. The van der Waals surface area contributed by atoms with E-state index >= 15 is 0 Å². The minimum atomic E-state index is -1.12. The lowest BCUT2D eigenvalue weighted by Crippen LogP contribution is -2.22. The van der Waals surface area contributed by atoms with Gasteiger partial charge in [-0.25, -0.2) is 9.18 Å². The van der Waals surface area contributed by atoms with E-state index in [4.69, 9.17) is 5.11 Å². The normalized spacial score (nSPS) is 11.3. The quantitative estimate of drug-likeness (QED) is 0.828. The molecule has 0 spiro atoms. The van der Waals surface area contributed by atoms with Crippen molar-refractivity contribution in [1.82, 2.24) is 0 Å². The molecule has 3 nitrogen and oxygen atoms in total. The molecular weight excluding hydrogens is 221 g/mol. The van der Waals surface area contributed by atoms with Crippen molar-refractivity contribution in [1.29, 1.82) is 0 Å². The van der Waals surface area contributed by atoms with Crippen LogP contribution in [0.1, 0.15) is 37.6 Å². The summed E-state index contributed by atoms with van der Waals surface area (Å²) in [6.45, 7) is 6.89. The lowest BCUT2D eigenvalue weighted by atomic mass is 9.90. The third-order valence-corrected chi connectivity index (χ3v) is 2.93. The number of hydrogen-bond acceptors (Lipinski definition) is 2. The summed E-state index contributed by atoms with van der Waals surface area (Å²) in [5, 5.41) is 11.7. The van der Waals surface area contributed by atoms with Gasteiger partial charge in [0, 0.05) is 6.54 Å². The number of aromatic carboxylic acids is 1. The third kappa shape index (κ3) is 3.73. The highest BCUT2D eigenvalue weighted by Gasteiger charge is 2.16. The molecule has 0 aliphatic rings. The summed E-state index contributed by atoms with van der Waals surface area (Å²) < 4.78 is 13.6. The van der Waals surface area contributed by atoms with Gasteiger partial charge in [-0.1, -0.05) is 20.8 Å². The van der Waals surface area contributed by atoms with E-state index in [9.17, 15) is 9.18 Å². The number of rotatable bonds is 5. The lowest BCUT2D eigenvalue weighted by Gasteiger charge is -2.23. The maximum Gasteiger partial charge on any atom is 0.335 e. The molecule has 1 aromatic rings. The van der Waals surface area contributed by atoms with Crippen molar-refractivity contribution in [2.75, 3.05) is 11.9 Å². The largest absolute Gasteiger partial charge is 0.478 e. The Morgan fingerprint density at radius 2 is 2.12 bits per heavy atom. The van der Waals surface area contributed by atoms with Crippen LogP contribution >= 0.6 is 0 Å². The molecule has 0 saturated heterocycles. The van der Waals surface area contributed by atoms with Crippen molar-refractivity contribution >= 4 is 11.7 Å². The molecule has 4 heteroatoms. The van der Waals surface area contributed by atoms with Crippen LogP contribution in [0.3, 0.4) is 0 Å². The molecule has 0 unspecified atom stereocenters. The highest BCUT2D eigenvalue weighted by atomic mass is 19.1. The molecule has 0 atom stereocenters. The zero-order chi connectivity index (χ0) is 13.1. The Kier molecular flexibility index (Phi) is 4.10. The molecule has 0 radical (unpaired) electrons. The van der Waals surface area contributed by atoms with Crippen LogP contribution in [0.2, 0.25) is 0 Å². The van der Waals surface area contributed by atoms with E-state index in [2.05, 4.69) is 26.1 Å². The lowest BCUT2D eigenvalue weighted by molar-refractivity contribution is 0.0696. The van der Waals surface area contributed by atoms with Gasteiger partial charge in [-0.3, -0.25) is 0 Å². The fourth-order valence-corrected chi connectivity index (χ4v) is 1.25. The van der Waals surface area contributed by atoms with Gasteiger partial charge in [-0.05, 0) is 30.0 Å². The fourth-order valence-electron chi connectivity index (χ4n) is 1.25. The second kappa shape index (κ2) is 5.17. The van der Waals surface area contributed by atoms with Crippen LogP contribution < -0.4 is 5.32 Å². The second-order valence-electron chi connectivity index (χ2n) is 4.87. The Hall–Kier alpha value is -1.58. The molecule has 94 valence electrons. The molecule has 0 bridgehead atoms. The minimum Gasteiger partial charge on any atom is -0.478 e.